The first kappa shape index (κ1) is 30.3. The Hall–Kier alpha value is -2.69. The highest BCUT2D eigenvalue weighted by Gasteiger charge is 2.30. The molecule has 1 aromatic rings. The number of hydrogen-bond donors (Lipinski definition) is 5. The number of benzene rings is 1. The molecule has 1 rings (SSSR count). The molecule has 35 heavy (non-hydrogen) atoms. The number of aliphatic hydroxyl groups excluding tert-OH is 1. The molecule has 198 valence electrons. The van der Waals surface area contributed by atoms with Crippen molar-refractivity contribution in [1.29, 1.82) is 0 Å². The highest BCUT2D eigenvalue weighted by molar-refractivity contribution is 5.91. The zero-order valence-corrected chi connectivity index (χ0v) is 21.7. The normalized spacial score (nSPS) is 15.6. The molecular formula is C25H42N4O6. The van der Waals surface area contributed by atoms with Crippen LogP contribution in [0.15, 0.2) is 24.3 Å². The molecule has 0 aliphatic carbocycles. The van der Waals surface area contributed by atoms with E-state index in [0.29, 0.717) is 0 Å². The van der Waals surface area contributed by atoms with Crippen LogP contribution in [0.1, 0.15) is 53.0 Å². The van der Waals surface area contributed by atoms with E-state index >= 15 is 0 Å². The van der Waals surface area contributed by atoms with Crippen LogP contribution in [0.5, 0.6) is 5.75 Å². The predicted octanol–water partition coefficient (Wildman–Crippen LogP) is 1.10. The molecule has 0 saturated heterocycles. The maximum atomic E-state index is 12.6. The number of rotatable bonds is 15. The highest BCUT2D eigenvalue weighted by Crippen LogP contribution is 2.21. The van der Waals surface area contributed by atoms with Crippen molar-refractivity contribution in [2.45, 2.75) is 84.3 Å². The monoisotopic (exact) mass is 494 g/mol. The zero-order valence-electron chi connectivity index (χ0n) is 21.7. The average molecular weight is 495 g/mol. The lowest BCUT2D eigenvalue weighted by atomic mass is 10.0. The van der Waals surface area contributed by atoms with Gasteiger partial charge in [0.05, 0.1) is 0 Å². The third-order valence-electron chi connectivity index (χ3n) is 5.63. The van der Waals surface area contributed by atoms with E-state index in [2.05, 4.69) is 10.6 Å². The number of aliphatic carboxylic acids is 1. The van der Waals surface area contributed by atoms with Crippen LogP contribution in [-0.4, -0.2) is 76.9 Å². The van der Waals surface area contributed by atoms with Crippen molar-refractivity contribution >= 4 is 17.8 Å². The van der Waals surface area contributed by atoms with Crippen molar-refractivity contribution in [1.82, 2.24) is 15.5 Å². The lowest BCUT2D eigenvalue weighted by molar-refractivity contribution is -0.148. The van der Waals surface area contributed by atoms with Gasteiger partial charge in [-0.1, -0.05) is 32.0 Å². The van der Waals surface area contributed by atoms with Gasteiger partial charge in [-0.05, 0) is 57.6 Å². The fraction of sp³-hybridized carbons (Fsp3) is 0.640. The second-order valence-electron chi connectivity index (χ2n) is 9.52. The number of hydrogen-bond acceptors (Lipinski definition) is 7. The first-order chi connectivity index (χ1) is 16.3. The topological polar surface area (TPSA) is 154 Å². The van der Waals surface area contributed by atoms with E-state index < -0.39 is 36.1 Å². The number of nitrogens with one attached hydrogen (secondary N) is 2. The van der Waals surface area contributed by atoms with Gasteiger partial charge in [-0.2, -0.15) is 0 Å². The maximum Gasteiger partial charge on any atom is 0.326 e. The molecule has 2 amide bonds. The number of carboxylic acid groups (broad SMARTS) is 1. The maximum absolute atomic E-state index is 12.6. The van der Waals surface area contributed by atoms with E-state index in [9.17, 15) is 24.6 Å². The summed E-state index contributed by atoms with van der Waals surface area (Å²) in [4.78, 5) is 37.6. The first-order valence-electron chi connectivity index (χ1n) is 12.0. The third kappa shape index (κ3) is 10.6. The second-order valence-corrected chi connectivity index (χ2v) is 9.52. The van der Waals surface area contributed by atoms with Crippen molar-refractivity contribution < 1.29 is 29.3 Å². The number of nitrogens with two attached hydrogens (primary N) is 1. The van der Waals surface area contributed by atoms with Gasteiger partial charge in [-0.15, -0.1) is 0 Å². The second kappa shape index (κ2) is 14.7. The summed E-state index contributed by atoms with van der Waals surface area (Å²) in [5, 5.41) is 24.8. The minimum Gasteiger partial charge on any atom is -0.489 e. The van der Waals surface area contributed by atoms with E-state index in [0.717, 1.165) is 29.1 Å². The van der Waals surface area contributed by atoms with Crippen molar-refractivity contribution in [3.8, 4) is 5.75 Å². The Balaban J connectivity index is 2.62. The number of likely N-dealkylation sites (N-methyl/N-ethyl adjacent to an activating group) is 1. The highest BCUT2D eigenvalue weighted by atomic mass is 16.5. The number of nitrogens with zero attached hydrogens (tertiary/aromatic N) is 1. The fourth-order valence-corrected chi connectivity index (χ4v) is 3.38. The lowest BCUT2D eigenvalue weighted by Gasteiger charge is -2.28. The number of carboxylic acids is 1. The molecule has 10 heteroatoms. The predicted molar refractivity (Wildman–Crippen MR) is 134 cm³/mol. The molecule has 0 fully saturated rings. The van der Waals surface area contributed by atoms with Crippen molar-refractivity contribution in [3.05, 3.63) is 29.8 Å². The third-order valence-corrected chi connectivity index (χ3v) is 5.63. The molecule has 0 saturated carbocycles. The molecule has 10 nitrogen and oxygen atoms in total. The zero-order chi connectivity index (χ0) is 26.7. The molecule has 0 unspecified atom stereocenters. The van der Waals surface area contributed by atoms with Gasteiger partial charge in [0.2, 0.25) is 5.91 Å². The molecule has 6 N–H and O–H groups in total. The van der Waals surface area contributed by atoms with Crippen molar-refractivity contribution in [2.24, 2.45) is 11.7 Å². The first-order valence-corrected chi connectivity index (χ1v) is 12.0. The molecule has 1 aromatic carbocycles. The number of amides is 2. The Bertz CT molecular complexity index is 832. The minimum atomic E-state index is -1.56. The van der Waals surface area contributed by atoms with Gasteiger partial charge >= 0.3 is 5.97 Å². The average Bonchev–Trinajstić information content (AvgIpc) is 2.79. The summed E-state index contributed by atoms with van der Waals surface area (Å²) in [7, 11) is 1.38. The van der Waals surface area contributed by atoms with E-state index in [4.69, 9.17) is 10.5 Å². The van der Waals surface area contributed by atoms with Crippen LogP contribution < -0.4 is 21.1 Å². The van der Waals surface area contributed by atoms with Gasteiger partial charge in [0, 0.05) is 19.6 Å². The Morgan fingerprint density at radius 2 is 1.74 bits per heavy atom. The number of carbonyl (C=O) groups is 3. The molecule has 0 heterocycles. The van der Waals surface area contributed by atoms with Gasteiger partial charge in [-0.25, -0.2) is 4.79 Å². The summed E-state index contributed by atoms with van der Waals surface area (Å²) in [6.45, 7) is 9.12. The van der Waals surface area contributed by atoms with Gasteiger partial charge in [-0.3, -0.25) is 14.9 Å². The summed E-state index contributed by atoms with van der Waals surface area (Å²) >= 11 is 0. The van der Waals surface area contributed by atoms with Crippen LogP contribution in [0.3, 0.4) is 0 Å². The largest absolute Gasteiger partial charge is 0.489 e. The molecule has 0 bridgehead atoms. The SMILES string of the molecule is CC(C)C[C@@H](NC(=O)[C@@H](C)N(C)C(=O)[C@H](O)NC[C@@H](C)Oc1ccccc1CC[C@H](C)N)C(=O)O. The Morgan fingerprint density at radius 3 is 2.31 bits per heavy atom. The van der Waals surface area contributed by atoms with E-state index in [1.807, 2.05) is 52.0 Å². The van der Waals surface area contributed by atoms with Crippen molar-refractivity contribution in [3.63, 3.8) is 0 Å². The van der Waals surface area contributed by atoms with Gasteiger partial charge in [0.15, 0.2) is 6.23 Å². The molecule has 0 aromatic heterocycles. The number of carbonyl (C=O) groups excluding carboxylic acids is 2. The molecule has 0 spiro atoms. The molecule has 0 aliphatic rings. The fourth-order valence-electron chi connectivity index (χ4n) is 3.38. The molecule has 0 aliphatic heterocycles. The summed E-state index contributed by atoms with van der Waals surface area (Å²) in [5.41, 5.74) is 6.89. The minimum absolute atomic E-state index is 0.0671. The number of para-hydroxylation sites is 1. The van der Waals surface area contributed by atoms with Crippen LogP contribution >= 0.6 is 0 Å². The molecular weight excluding hydrogens is 452 g/mol. The Kier molecular flexibility index (Phi) is 12.7. The standard InChI is InChI=1S/C25H42N4O6/c1-15(2)13-20(25(33)34)28-22(30)18(5)29(6)24(32)23(31)27-14-17(4)35-21-10-8-7-9-19(21)12-11-16(3)26/h7-10,15-18,20,23,27,31H,11-14,26H2,1-6H3,(H,28,30)(H,33,34)/t16-,17+,18+,20+,23-/m0/s1. The summed E-state index contributed by atoms with van der Waals surface area (Å²) in [5.74, 6) is -1.67. The molecule has 5 atom stereocenters. The van der Waals surface area contributed by atoms with Gasteiger partial charge in [0.25, 0.3) is 5.91 Å². The lowest BCUT2D eigenvalue weighted by Crippen LogP contribution is -2.55. The van der Waals surface area contributed by atoms with Crippen LogP contribution in [0, 0.1) is 5.92 Å². The smallest absolute Gasteiger partial charge is 0.326 e. The summed E-state index contributed by atoms with van der Waals surface area (Å²) < 4.78 is 5.99. The van der Waals surface area contributed by atoms with Crippen LogP contribution in [0.4, 0.5) is 0 Å². The van der Waals surface area contributed by atoms with E-state index in [1.54, 1.807) is 0 Å². The Labute approximate surface area is 208 Å². The quantitative estimate of drug-likeness (QED) is 0.227. The number of ether oxygens (including phenoxy) is 1. The van der Waals surface area contributed by atoms with Gasteiger partial charge in [0.1, 0.15) is 23.9 Å². The molecule has 0 radical (unpaired) electrons. The summed E-state index contributed by atoms with van der Waals surface area (Å²) in [6, 6.07) is 5.71. The van der Waals surface area contributed by atoms with Crippen LogP contribution in [-0.2, 0) is 20.8 Å². The van der Waals surface area contributed by atoms with Crippen LogP contribution in [0.25, 0.3) is 0 Å². The van der Waals surface area contributed by atoms with Gasteiger partial charge < -0.3 is 30.9 Å². The number of aliphatic hydroxyl groups is 1. The van der Waals surface area contributed by atoms with Crippen LogP contribution in [0.2, 0.25) is 0 Å². The summed E-state index contributed by atoms with van der Waals surface area (Å²) in [6.07, 6.45) is -0.0437. The van der Waals surface area contributed by atoms with E-state index in [1.165, 1.54) is 14.0 Å². The Morgan fingerprint density at radius 1 is 1.11 bits per heavy atom. The van der Waals surface area contributed by atoms with E-state index in [-0.39, 0.29) is 31.0 Å². The van der Waals surface area contributed by atoms with Crippen molar-refractivity contribution in [2.75, 3.05) is 13.6 Å². The number of aryl methyl sites for hydroxylation is 1.